The van der Waals surface area contributed by atoms with Crippen LogP contribution in [0, 0.1) is 5.92 Å². The summed E-state index contributed by atoms with van der Waals surface area (Å²) in [6.45, 7) is 3.89. The first-order chi connectivity index (χ1) is 53.5. The molecular formula is C66H112N14O34. The Hall–Kier alpha value is -7.42. The maximum atomic E-state index is 14.4. The third-order valence-electron chi connectivity index (χ3n) is 19.5. The number of likely N-dealkylation sites (tertiary alicyclic amines) is 1. The van der Waals surface area contributed by atoms with E-state index in [1.165, 1.54) is 26.3 Å². The van der Waals surface area contributed by atoms with Gasteiger partial charge in [0.25, 0.3) is 5.79 Å². The third-order valence-corrected chi connectivity index (χ3v) is 19.5. The average Bonchev–Trinajstić information content (AvgIpc) is 0.829. The lowest BCUT2D eigenvalue weighted by molar-refractivity contribution is -0.381. The van der Waals surface area contributed by atoms with Gasteiger partial charge in [-0.25, -0.2) is 4.79 Å². The maximum Gasteiger partial charge on any atom is 0.364 e. The number of carbonyl (C=O) groups is 11. The van der Waals surface area contributed by atoms with E-state index in [-0.39, 0.29) is 25.8 Å². The fourth-order valence-electron chi connectivity index (χ4n) is 12.9. The number of aliphatic hydroxyl groups excluding tert-OH is 13. The van der Waals surface area contributed by atoms with Gasteiger partial charge < -0.3 is 185 Å². The summed E-state index contributed by atoms with van der Waals surface area (Å²) in [6, 6.07) is -18.4. The lowest BCUT2D eigenvalue weighted by atomic mass is 9.88. The smallest absolute Gasteiger partial charge is 0.364 e. The molecule has 9 amide bonds. The molecule has 5 saturated heterocycles. The van der Waals surface area contributed by atoms with Gasteiger partial charge in [-0.15, -0.1) is 0 Å². The number of nitrogens with two attached hydrogens (primary N) is 4. The number of nitrogens with one attached hydrogen (secondary N) is 8. The molecule has 31 N–H and O–H groups in total. The molecule has 10 unspecified atom stereocenters. The van der Waals surface area contributed by atoms with E-state index in [4.69, 9.17) is 60.8 Å². The van der Waals surface area contributed by atoms with E-state index in [0.717, 1.165) is 32.7 Å². The highest BCUT2D eigenvalue weighted by Crippen LogP contribution is 2.39. The molecule has 0 radical (unpaired) electrons. The number of ether oxygens (including phenoxy) is 8. The Bertz CT molecular complexity index is 3320. The topological polar surface area (TPSA) is 781 Å². The van der Waals surface area contributed by atoms with Gasteiger partial charge in [0.15, 0.2) is 18.9 Å². The van der Waals surface area contributed by atoms with Crippen LogP contribution in [0.3, 0.4) is 0 Å². The molecule has 5 fully saturated rings. The van der Waals surface area contributed by atoms with Gasteiger partial charge in [-0.1, -0.05) is 19.4 Å². The van der Waals surface area contributed by atoms with Crippen LogP contribution in [-0.2, 0) is 90.6 Å². The molecule has 5 rings (SSSR count). The zero-order valence-electron chi connectivity index (χ0n) is 63.7. The van der Waals surface area contributed by atoms with Crippen molar-refractivity contribution in [3.05, 3.63) is 11.8 Å². The molecule has 650 valence electrons. The van der Waals surface area contributed by atoms with Crippen molar-refractivity contribution in [2.45, 2.75) is 269 Å². The number of rotatable bonds is 40. The molecular weight excluding hydrogens is 1530 g/mol. The molecule has 114 heavy (non-hydrogen) atoms. The zero-order valence-corrected chi connectivity index (χ0v) is 63.7. The first-order valence-corrected chi connectivity index (χ1v) is 36.5. The van der Waals surface area contributed by atoms with Crippen molar-refractivity contribution >= 4 is 71.3 Å². The van der Waals surface area contributed by atoms with E-state index in [2.05, 4.69) is 47.5 Å². The Balaban J connectivity index is 1.32. The number of carboxylic acids is 2. The first-order valence-electron chi connectivity index (χ1n) is 36.5. The van der Waals surface area contributed by atoms with Crippen LogP contribution in [0.4, 0.5) is 0 Å². The van der Waals surface area contributed by atoms with E-state index >= 15 is 0 Å². The molecule has 31 atom stereocenters. The van der Waals surface area contributed by atoms with Crippen LogP contribution in [0.25, 0.3) is 0 Å². The Morgan fingerprint density at radius 2 is 1.25 bits per heavy atom. The fourth-order valence-corrected chi connectivity index (χ4v) is 12.9. The minimum Gasteiger partial charge on any atom is -0.481 e. The highest BCUT2D eigenvalue weighted by atomic mass is 16.8. The summed E-state index contributed by atoms with van der Waals surface area (Å²) >= 11 is 0. The standard InChI is InChI=1S/C66H112N14O34/c1-9-72-16-24(4)13-28(67)54(97)73-17-37(88)77-42(23(2)3)59(102)78-43(26(6)85)60(103)76-30(18-81)56(99)74-25(5)61(104)80-12-10-11-31(80)57(100)75-29(14-38(89)90)55(98)79-44(58(101)71-8)27(7)108-63-41(70)51(48(94)36(111-63)22-107-62-40(69)49(95)46(92)34(20-83)109-62)112-64-50(96)53(47(93)35(21-84)110-64)114-66(65(105)106)15-32(86)39(68)52(113-66)45(91)33(87)19-82/h9,16,23,25-36,39-53,62-64,81-87,91-96H,10-15,17-22,67-70H2,1-8H3,(H,71,101)(H,73,97)(H,74,99)(H,75,100)(H,76,103)(H,77,88)(H,78,102)(H,79,98)(H,89,90)(H,105,106)/b24-16+,72-9?/t25-,26?,27?,28-,29-,30-,31-,32+,33+,34?,35?,36?,39+,40?,41?,42-,43-,44-,45+,46+,47-,48-,49?,50-,51+,52?,53?,62+,63-,64-,66-/m0/s1. The van der Waals surface area contributed by atoms with E-state index < -0.39 is 312 Å². The summed E-state index contributed by atoms with van der Waals surface area (Å²) in [6.07, 6.45) is -36.8. The second-order valence-corrected chi connectivity index (χ2v) is 28.5. The Labute approximate surface area is 652 Å². The van der Waals surface area contributed by atoms with Gasteiger partial charge >= 0.3 is 11.9 Å². The summed E-state index contributed by atoms with van der Waals surface area (Å²) in [5.41, 5.74) is 25.4. The normalized spacial score (nSPS) is 32.3. The largest absolute Gasteiger partial charge is 0.481 e. The second-order valence-electron chi connectivity index (χ2n) is 28.5. The molecule has 48 heteroatoms. The van der Waals surface area contributed by atoms with Crippen LogP contribution >= 0.6 is 0 Å². The van der Waals surface area contributed by atoms with E-state index in [9.17, 15) is 129 Å². The van der Waals surface area contributed by atoms with Crippen LogP contribution in [0.2, 0.25) is 0 Å². The van der Waals surface area contributed by atoms with Crippen molar-refractivity contribution in [3.8, 4) is 0 Å². The predicted molar refractivity (Wildman–Crippen MR) is 381 cm³/mol. The highest BCUT2D eigenvalue weighted by Gasteiger charge is 2.60. The Kier molecular flexibility index (Phi) is 37.7. The van der Waals surface area contributed by atoms with Crippen LogP contribution in [0.1, 0.15) is 80.6 Å². The van der Waals surface area contributed by atoms with Gasteiger partial charge in [-0.3, -0.25) is 52.9 Å². The summed E-state index contributed by atoms with van der Waals surface area (Å²) in [5, 5.41) is 178. The van der Waals surface area contributed by atoms with Crippen molar-refractivity contribution < 1.29 is 167 Å². The fraction of sp³-hybridized carbons (Fsp3) is 0.788. The van der Waals surface area contributed by atoms with Crippen molar-refractivity contribution in [2.24, 2.45) is 33.8 Å². The van der Waals surface area contributed by atoms with E-state index in [1.807, 2.05) is 0 Å². The first kappa shape index (κ1) is 97.2. The zero-order chi connectivity index (χ0) is 85.8. The number of likely N-dealkylation sites (N-methyl/N-ethyl adjacent to an activating group) is 1. The molecule has 0 spiro atoms. The Morgan fingerprint density at radius 3 is 1.82 bits per heavy atom. The molecule has 0 saturated carbocycles. The second kappa shape index (κ2) is 44.2. The average molecular weight is 1650 g/mol. The van der Waals surface area contributed by atoms with Crippen molar-refractivity contribution in [1.82, 2.24) is 47.4 Å². The number of aliphatic carboxylic acids is 2. The molecule has 0 aromatic heterocycles. The van der Waals surface area contributed by atoms with Gasteiger partial charge in [-0.2, -0.15) is 0 Å². The Morgan fingerprint density at radius 1 is 0.649 bits per heavy atom. The van der Waals surface area contributed by atoms with Gasteiger partial charge in [0, 0.05) is 32.4 Å². The summed E-state index contributed by atoms with van der Waals surface area (Å²) in [4.78, 5) is 153. The number of hydrogen-bond acceptors (Lipinski definition) is 37. The SMILES string of the molecule is CC=N/C=C(\C)C[C@H](N)C(=O)NCC(=O)N[C@H](C(=O)N[C@H](C(=O)N[C@@H](CO)C(=O)N[C@@H](C)C(=O)N1CCC[C@H]1C(=O)N[C@@H](CC(=O)O)C(=O)N[C@H](C(=O)NC)C(C)O[C@H]1OC(CO[C@@H]2OC(CO)[C@@H](O)C(O)C2N)[C@H](O)[C@H](O[C@@H]2OC(CO)[C@H](O)C(O[C@]3(C(=O)O)C[C@@H](O)[C@@H](N)C([C@H](O)[C@H](O)CO)O3)[C@@H]2O)C1N)C(C)O)C(C)C. The van der Waals surface area contributed by atoms with Crippen molar-refractivity contribution in [2.75, 3.05) is 53.2 Å². The predicted octanol–water partition coefficient (Wildman–Crippen LogP) is -15.2. The van der Waals surface area contributed by atoms with Crippen molar-refractivity contribution in [1.29, 1.82) is 0 Å². The highest BCUT2D eigenvalue weighted by molar-refractivity contribution is 5.99. The van der Waals surface area contributed by atoms with E-state index in [0.29, 0.717) is 5.57 Å². The van der Waals surface area contributed by atoms with Crippen LogP contribution in [0.5, 0.6) is 0 Å². The number of hydrogen-bond donors (Lipinski definition) is 27. The van der Waals surface area contributed by atoms with Crippen LogP contribution in [0.15, 0.2) is 16.8 Å². The number of aliphatic imine (C=N–C) groups is 1. The van der Waals surface area contributed by atoms with Crippen molar-refractivity contribution in [3.63, 3.8) is 0 Å². The number of carbonyl (C=O) groups excluding carboxylic acids is 9. The minimum absolute atomic E-state index is 0.114. The quantitative estimate of drug-likeness (QED) is 0.0253. The monoisotopic (exact) mass is 1640 g/mol. The number of nitrogens with zero attached hydrogens (tertiary/aromatic N) is 2. The molecule has 0 aliphatic carbocycles. The minimum atomic E-state index is -3.19. The number of amides is 9. The molecule has 5 aliphatic heterocycles. The molecule has 48 nitrogen and oxygen atoms in total. The van der Waals surface area contributed by atoms with Gasteiger partial charge in [0.2, 0.25) is 53.2 Å². The summed E-state index contributed by atoms with van der Waals surface area (Å²) in [7, 11) is 1.09. The molecule has 0 aromatic rings. The summed E-state index contributed by atoms with van der Waals surface area (Å²) in [5.74, 6) is -17.1. The van der Waals surface area contributed by atoms with Gasteiger partial charge in [-0.05, 0) is 59.8 Å². The molecule has 0 aromatic carbocycles. The number of carboxylic acid groups (broad SMARTS) is 2. The van der Waals surface area contributed by atoms with Crippen LogP contribution in [-0.4, -0.2) is 395 Å². The third kappa shape index (κ3) is 25.1. The maximum absolute atomic E-state index is 14.4. The van der Waals surface area contributed by atoms with Crippen LogP contribution < -0.4 is 65.5 Å². The van der Waals surface area contributed by atoms with Gasteiger partial charge in [0.05, 0.1) is 88.5 Å². The molecule has 5 aliphatic rings. The molecule has 0 bridgehead atoms. The molecule has 5 heterocycles. The lowest BCUT2D eigenvalue weighted by Crippen LogP contribution is -2.70. The number of aliphatic hydroxyl groups is 13. The van der Waals surface area contributed by atoms with Gasteiger partial charge in [0.1, 0.15) is 122 Å². The lowest BCUT2D eigenvalue weighted by Gasteiger charge is -2.50. The van der Waals surface area contributed by atoms with E-state index in [1.54, 1.807) is 13.8 Å². The summed E-state index contributed by atoms with van der Waals surface area (Å²) < 4.78 is 46.6.